The number of hydrogen-bond acceptors (Lipinski definition) is 8. The van der Waals surface area contributed by atoms with Crippen molar-refractivity contribution in [2.45, 2.75) is 0 Å². The number of benzene rings is 9. The summed E-state index contributed by atoms with van der Waals surface area (Å²) in [5.74, 6) is 3.84. The topological polar surface area (TPSA) is 77.3 Å². The van der Waals surface area contributed by atoms with Crippen molar-refractivity contribution < 1.29 is 0 Å². The monoisotopic (exact) mass is 956 g/mol. The highest BCUT2D eigenvalue weighted by atomic mass is 32.1. The highest BCUT2D eigenvalue weighted by molar-refractivity contribution is 7.25. The van der Waals surface area contributed by atoms with Gasteiger partial charge < -0.3 is 0 Å². The molecule has 0 aliphatic rings. The largest absolute Gasteiger partial charge is 0.208 e. The Kier molecular flexibility index (Phi) is 11.1. The van der Waals surface area contributed by atoms with E-state index in [1.165, 1.54) is 52.2 Å². The average molecular weight is 957 g/mol. The first-order valence-electron chi connectivity index (χ1n) is 23.8. The average Bonchev–Trinajstić information content (AvgIpc) is 4.11. The molecule has 0 bridgehead atoms. The molecule has 0 fully saturated rings. The predicted molar refractivity (Wildman–Crippen MR) is 298 cm³/mol. The van der Waals surface area contributed by atoms with E-state index in [9.17, 15) is 0 Å². The number of nitrogens with zero attached hydrogens (tertiary/aromatic N) is 6. The van der Waals surface area contributed by atoms with Crippen molar-refractivity contribution in [3.05, 3.63) is 243 Å². The Bertz CT molecular complexity index is 3600. The van der Waals surface area contributed by atoms with E-state index < -0.39 is 0 Å². The van der Waals surface area contributed by atoms with E-state index in [1.807, 2.05) is 144 Å². The molecule has 6 nitrogen and oxygen atoms in total. The summed E-state index contributed by atoms with van der Waals surface area (Å²) < 4.78 is 2.50. The Labute approximate surface area is 424 Å². The van der Waals surface area contributed by atoms with E-state index in [0.717, 1.165) is 44.5 Å². The molecule has 0 amide bonds. The second kappa shape index (κ2) is 18.7. The van der Waals surface area contributed by atoms with Crippen LogP contribution in [0.2, 0.25) is 0 Å². The first-order chi connectivity index (χ1) is 35.7. The third-order valence-electron chi connectivity index (χ3n) is 12.8. The van der Waals surface area contributed by atoms with Gasteiger partial charge in [-0.3, -0.25) is 0 Å². The van der Waals surface area contributed by atoms with Crippen molar-refractivity contribution in [3.63, 3.8) is 0 Å². The van der Waals surface area contributed by atoms with Crippen LogP contribution in [0.4, 0.5) is 0 Å². The van der Waals surface area contributed by atoms with E-state index >= 15 is 0 Å². The Morgan fingerprint density at radius 2 is 0.417 bits per heavy atom. The van der Waals surface area contributed by atoms with Gasteiger partial charge >= 0.3 is 0 Å². The lowest BCUT2D eigenvalue weighted by molar-refractivity contribution is 1.07. The molecule has 4 heterocycles. The predicted octanol–water partition coefficient (Wildman–Crippen LogP) is 17.2. The fourth-order valence-corrected chi connectivity index (χ4v) is 11.8. The van der Waals surface area contributed by atoms with Gasteiger partial charge in [-0.2, -0.15) is 0 Å². The smallest absolute Gasteiger partial charge is 0.164 e. The maximum Gasteiger partial charge on any atom is 0.164 e. The SMILES string of the molecule is c1ccc(-c2nc(-c3ccccc3)nc(-c3ccc(-c4cc5c(-c6ccccc6)c6sc(-c7ccc(-c8nc(-c9ccccc9)nc(-c9ccccc9)n8)cc7)cc6c(-c6ccccc6)c5s4)cc3)n2)cc1. The lowest BCUT2D eigenvalue weighted by atomic mass is 9.93. The zero-order valence-electron chi connectivity index (χ0n) is 38.6. The summed E-state index contributed by atoms with van der Waals surface area (Å²) in [7, 11) is 0. The summed E-state index contributed by atoms with van der Waals surface area (Å²) in [6, 6.07) is 84.2. The number of thiophene rings is 2. The van der Waals surface area contributed by atoms with Crippen molar-refractivity contribution in [1.82, 2.24) is 29.9 Å². The normalized spacial score (nSPS) is 11.3. The van der Waals surface area contributed by atoms with Crippen LogP contribution in [0.15, 0.2) is 243 Å². The summed E-state index contributed by atoms with van der Waals surface area (Å²) in [4.78, 5) is 32.2. The van der Waals surface area contributed by atoms with Gasteiger partial charge in [0.05, 0.1) is 0 Å². The first-order valence-corrected chi connectivity index (χ1v) is 25.4. The second-order valence-corrected chi connectivity index (χ2v) is 19.5. The molecular weight excluding hydrogens is 917 g/mol. The fraction of sp³-hybridized carbons (Fsp3) is 0. The van der Waals surface area contributed by atoms with Crippen LogP contribution in [0.3, 0.4) is 0 Å². The first kappa shape index (κ1) is 43.0. The van der Waals surface area contributed by atoms with Gasteiger partial charge in [-0.25, -0.2) is 29.9 Å². The number of fused-ring (bicyclic) bond motifs is 2. The van der Waals surface area contributed by atoms with Gasteiger partial charge in [-0.05, 0) is 34.4 Å². The van der Waals surface area contributed by atoms with Crippen LogP contribution in [0.25, 0.3) is 132 Å². The van der Waals surface area contributed by atoms with E-state index in [0.29, 0.717) is 34.9 Å². The van der Waals surface area contributed by atoms with E-state index in [1.54, 1.807) is 0 Å². The van der Waals surface area contributed by atoms with Crippen LogP contribution in [-0.2, 0) is 0 Å². The Morgan fingerprint density at radius 1 is 0.208 bits per heavy atom. The third kappa shape index (κ3) is 8.24. The molecule has 72 heavy (non-hydrogen) atoms. The molecule has 0 saturated carbocycles. The molecule has 8 heteroatoms. The van der Waals surface area contributed by atoms with Gasteiger partial charge in [-0.15, -0.1) is 22.7 Å². The fourth-order valence-electron chi connectivity index (χ4n) is 9.28. The molecular formula is C64H40N6S2. The summed E-state index contributed by atoms with van der Waals surface area (Å²) in [5.41, 5.74) is 12.8. The molecule has 0 aliphatic carbocycles. The third-order valence-corrected chi connectivity index (χ3v) is 15.2. The highest BCUT2D eigenvalue weighted by Crippen LogP contribution is 2.52. The zero-order chi connectivity index (χ0) is 47.8. The molecule has 0 saturated heterocycles. The lowest BCUT2D eigenvalue weighted by Crippen LogP contribution is -2.00. The molecule has 338 valence electrons. The summed E-state index contributed by atoms with van der Waals surface area (Å²) in [6.07, 6.45) is 0. The van der Waals surface area contributed by atoms with Crippen molar-refractivity contribution in [2.24, 2.45) is 0 Å². The summed E-state index contributed by atoms with van der Waals surface area (Å²) >= 11 is 3.69. The van der Waals surface area contributed by atoms with Crippen molar-refractivity contribution >= 4 is 42.8 Å². The van der Waals surface area contributed by atoms with E-state index in [2.05, 4.69) is 121 Å². The zero-order valence-corrected chi connectivity index (χ0v) is 40.2. The van der Waals surface area contributed by atoms with Gasteiger partial charge in [0.1, 0.15) is 0 Å². The van der Waals surface area contributed by atoms with Crippen LogP contribution < -0.4 is 0 Å². The van der Waals surface area contributed by atoms with Crippen LogP contribution in [-0.4, -0.2) is 29.9 Å². The summed E-state index contributed by atoms with van der Waals surface area (Å²) in [5, 5.41) is 2.47. The molecule has 13 rings (SSSR count). The molecule has 0 atom stereocenters. The van der Waals surface area contributed by atoms with Crippen molar-refractivity contribution in [1.29, 1.82) is 0 Å². The maximum absolute atomic E-state index is 5.00. The number of rotatable bonds is 10. The van der Waals surface area contributed by atoms with E-state index in [4.69, 9.17) is 29.9 Å². The van der Waals surface area contributed by atoms with Crippen molar-refractivity contribution in [3.8, 4) is 111 Å². The minimum atomic E-state index is 0.633. The molecule has 0 aliphatic heterocycles. The van der Waals surface area contributed by atoms with Gasteiger partial charge in [0.25, 0.3) is 0 Å². The number of hydrogen-bond donors (Lipinski definition) is 0. The van der Waals surface area contributed by atoms with Crippen molar-refractivity contribution in [2.75, 3.05) is 0 Å². The molecule has 4 aromatic heterocycles. The minimum absolute atomic E-state index is 0.633. The minimum Gasteiger partial charge on any atom is -0.208 e. The molecule has 0 N–H and O–H groups in total. The molecule has 0 spiro atoms. The van der Waals surface area contributed by atoms with Gasteiger partial charge in [-0.1, -0.05) is 231 Å². The number of aromatic nitrogens is 6. The Balaban J connectivity index is 0.919. The van der Waals surface area contributed by atoms with Crippen LogP contribution in [0.1, 0.15) is 0 Å². The Hall–Kier alpha value is -9.08. The highest BCUT2D eigenvalue weighted by Gasteiger charge is 2.23. The molecule has 9 aromatic carbocycles. The molecule has 0 unspecified atom stereocenters. The lowest BCUT2D eigenvalue weighted by Gasteiger charge is -2.12. The molecule has 0 radical (unpaired) electrons. The standard InChI is InChI=1S/C64H40N6S2/c1-7-19-43(20-8-1)55-51-39-53(41-31-35-49(36-32-41)63-67-59(45-23-11-3-12-24-45)65-60(68-63)46-25-13-4-14-26-46)72-58(51)56(44-21-9-2-10-22-44)52-40-54(71-57(52)55)42-33-37-50(38-34-42)64-69-61(47-27-15-5-16-28-47)66-62(70-64)48-29-17-6-18-30-48/h1-40H. The van der Waals surface area contributed by atoms with Gasteiger partial charge in [0.15, 0.2) is 34.9 Å². The van der Waals surface area contributed by atoms with Crippen LogP contribution in [0, 0.1) is 0 Å². The van der Waals surface area contributed by atoms with Gasteiger partial charge in [0.2, 0.25) is 0 Å². The second-order valence-electron chi connectivity index (χ2n) is 17.4. The maximum atomic E-state index is 5.00. The summed E-state index contributed by atoms with van der Waals surface area (Å²) in [6.45, 7) is 0. The Morgan fingerprint density at radius 3 is 0.667 bits per heavy atom. The van der Waals surface area contributed by atoms with E-state index in [-0.39, 0.29) is 0 Å². The van der Waals surface area contributed by atoms with Crippen LogP contribution >= 0.6 is 22.7 Å². The van der Waals surface area contributed by atoms with Gasteiger partial charge in [0, 0.05) is 74.4 Å². The quantitative estimate of drug-likeness (QED) is 0.136. The molecule has 13 aromatic rings. The van der Waals surface area contributed by atoms with Crippen LogP contribution in [0.5, 0.6) is 0 Å².